The highest BCUT2D eigenvalue weighted by Gasteiger charge is 2.80. The van der Waals surface area contributed by atoms with Gasteiger partial charge in [0.25, 0.3) is 0 Å². The van der Waals surface area contributed by atoms with Gasteiger partial charge in [-0.2, -0.15) is 0 Å². The van der Waals surface area contributed by atoms with Crippen molar-refractivity contribution in [3.8, 4) is 5.75 Å². The van der Waals surface area contributed by atoms with Crippen LogP contribution in [0.2, 0.25) is 0 Å². The summed E-state index contributed by atoms with van der Waals surface area (Å²) in [5, 5.41) is 0. The van der Waals surface area contributed by atoms with E-state index in [1.165, 1.54) is 4.90 Å². The molecule has 3 aromatic rings. The molecule has 2 aliphatic carbocycles. The molecule has 3 aromatic carbocycles. The molecule has 0 spiro atoms. The lowest BCUT2D eigenvalue weighted by atomic mass is 9.61. The maximum atomic E-state index is 14.6. The van der Waals surface area contributed by atoms with E-state index in [9.17, 15) is 14.4 Å². The Morgan fingerprint density at radius 1 is 0.784 bits per heavy atom. The lowest BCUT2D eigenvalue weighted by molar-refractivity contribution is -0.134. The maximum absolute atomic E-state index is 14.6. The molecule has 2 fully saturated rings. The van der Waals surface area contributed by atoms with Gasteiger partial charge in [0.15, 0.2) is 5.78 Å². The van der Waals surface area contributed by atoms with Crippen LogP contribution < -0.4 is 9.64 Å². The number of nitrogens with zero attached hydrogens (tertiary/aromatic N) is 1. The maximum Gasteiger partial charge on any atom is 0.239 e. The molecule has 6 rings (SSSR count). The highest BCUT2D eigenvalue weighted by molar-refractivity contribution is 6.34. The first kappa shape index (κ1) is 23.4. The van der Waals surface area contributed by atoms with Crippen LogP contribution >= 0.6 is 0 Å². The fraction of sp³-hybridized carbons (Fsp3) is 0.281. The van der Waals surface area contributed by atoms with Crippen molar-refractivity contribution in [1.29, 1.82) is 0 Å². The molecule has 2 amide bonds. The van der Waals surface area contributed by atoms with Crippen LogP contribution in [0.3, 0.4) is 0 Å². The van der Waals surface area contributed by atoms with Gasteiger partial charge in [-0.1, -0.05) is 80.1 Å². The SMILES string of the molecule is CCC[C@@]12C(=O)[C@@](C)(C(c3ccccc3)=C1c1ccccc1)[C@@H]1C(=O)N(c3cccc(OC)c3)C(=O)[C@@H]12. The zero-order chi connectivity index (χ0) is 25.9. The van der Waals surface area contributed by atoms with Crippen LogP contribution in [-0.4, -0.2) is 24.7 Å². The monoisotopic (exact) mass is 491 g/mol. The van der Waals surface area contributed by atoms with Crippen LogP contribution in [0.1, 0.15) is 37.8 Å². The second-order valence-electron chi connectivity index (χ2n) is 10.4. The van der Waals surface area contributed by atoms with Crippen molar-refractivity contribution < 1.29 is 19.1 Å². The number of rotatable bonds is 6. The molecule has 1 saturated heterocycles. The molecule has 0 N–H and O–H groups in total. The minimum atomic E-state index is -1.12. The molecule has 1 heterocycles. The molecule has 1 saturated carbocycles. The first-order valence-corrected chi connectivity index (χ1v) is 12.8. The van der Waals surface area contributed by atoms with Gasteiger partial charge in [0, 0.05) is 6.07 Å². The Kier molecular flexibility index (Phi) is 5.23. The van der Waals surface area contributed by atoms with E-state index in [-0.39, 0.29) is 17.6 Å². The average molecular weight is 492 g/mol. The summed E-state index contributed by atoms with van der Waals surface area (Å²) < 4.78 is 5.37. The molecular weight excluding hydrogens is 462 g/mol. The summed E-state index contributed by atoms with van der Waals surface area (Å²) in [5.74, 6) is -1.54. The van der Waals surface area contributed by atoms with Gasteiger partial charge in [-0.25, -0.2) is 4.90 Å². The normalized spacial score (nSPS) is 28.3. The van der Waals surface area contributed by atoms with Crippen molar-refractivity contribution in [2.45, 2.75) is 26.7 Å². The highest BCUT2D eigenvalue weighted by Crippen LogP contribution is 2.75. The summed E-state index contributed by atoms with van der Waals surface area (Å²) in [7, 11) is 1.56. The Morgan fingerprint density at radius 2 is 1.38 bits per heavy atom. The van der Waals surface area contributed by atoms with Crippen LogP contribution in [0.15, 0.2) is 84.9 Å². The average Bonchev–Trinajstić information content (AvgIpc) is 3.39. The van der Waals surface area contributed by atoms with Crippen LogP contribution in [0.25, 0.3) is 11.1 Å². The number of carbonyl (C=O) groups is 3. The van der Waals surface area contributed by atoms with Crippen LogP contribution in [0, 0.1) is 22.7 Å². The van der Waals surface area contributed by atoms with Crippen molar-refractivity contribution in [1.82, 2.24) is 0 Å². The number of fused-ring (bicyclic) bond motifs is 5. The number of methoxy groups -OCH3 is 1. The number of imide groups is 1. The predicted molar refractivity (Wildman–Crippen MR) is 143 cm³/mol. The Labute approximate surface area is 216 Å². The molecule has 5 heteroatoms. The van der Waals surface area contributed by atoms with E-state index in [2.05, 4.69) is 0 Å². The third-order valence-corrected chi connectivity index (χ3v) is 8.63. The summed E-state index contributed by atoms with van der Waals surface area (Å²) in [5.41, 5.74) is 1.94. The van der Waals surface area contributed by atoms with Gasteiger partial charge in [-0.3, -0.25) is 14.4 Å². The summed E-state index contributed by atoms with van der Waals surface area (Å²) in [6.45, 7) is 3.93. The van der Waals surface area contributed by atoms with Crippen molar-refractivity contribution in [2.24, 2.45) is 22.7 Å². The highest BCUT2D eigenvalue weighted by atomic mass is 16.5. The van der Waals surface area contributed by atoms with Crippen LogP contribution in [-0.2, 0) is 14.4 Å². The zero-order valence-electron chi connectivity index (χ0n) is 21.2. The minimum Gasteiger partial charge on any atom is -0.497 e. The number of ketones is 1. The number of anilines is 1. The Hall–Kier alpha value is -3.99. The van der Waals surface area contributed by atoms with Gasteiger partial charge in [-0.05, 0) is 47.8 Å². The standard InChI is InChI=1S/C32H29NO4/c1-4-18-32-25(21-14-9-6-10-15-21)24(20-12-7-5-8-13-20)31(2,30(32)36)26-27(32)29(35)33(28(26)34)22-16-11-17-23(19-22)37-3/h5-17,19,26-27H,4,18H2,1-3H3/t26-,27+,31-,32+/m0/s1. The van der Waals surface area contributed by atoms with E-state index in [1.54, 1.807) is 31.4 Å². The van der Waals surface area contributed by atoms with E-state index in [0.717, 1.165) is 22.3 Å². The van der Waals surface area contributed by atoms with E-state index in [4.69, 9.17) is 4.74 Å². The Balaban J connectivity index is 1.64. The molecule has 3 aliphatic rings. The van der Waals surface area contributed by atoms with Gasteiger partial charge in [0.1, 0.15) is 5.75 Å². The first-order chi connectivity index (χ1) is 17.9. The Morgan fingerprint density at radius 3 is 1.97 bits per heavy atom. The van der Waals surface area contributed by atoms with Gasteiger partial charge in [-0.15, -0.1) is 0 Å². The van der Waals surface area contributed by atoms with Crippen LogP contribution in [0.5, 0.6) is 5.75 Å². The molecule has 37 heavy (non-hydrogen) atoms. The van der Waals surface area contributed by atoms with Gasteiger partial charge < -0.3 is 4.74 Å². The van der Waals surface area contributed by atoms with Crippen molar-refractivity contribution in [3.63, 3.8) is 0 Å². The van der Waals surface area contributed by atoms with Crippen molar-refractivity contribution in [2.75, 3.05) is 12.0 Å². The Bertz CT molecular complexity index is 1460. The molecule has 0 aromatic heterocycles. The zero-order valence-corrected chi connectivity index (χ0v) is 21.2. The molecule has 0 unspecified atom stereocenters. The predicted octanol–water partition coefficient (Wildman–Crippen LogP) is 5.80. The number of amides is 2. The van der Waals surface area contributed by atoms with Crippen molar-refractivity contribution in [3.05, 3.63) is 96.1 Å². The van der Waals surface area contributed by atoms with E-state index in [1.807, 2.05) is 74.5 Å². The number of ether oxygens (including phenoxy) is 1. The molecule has 2 bridgehead atoms. The molecule has 1 aliphatic heterocycles. The number of carbonyl (C=O) groups excluding carboxylic acids is 3. The van der Waals surface area contributed by atoms with Gasteiger partial charge in [0.2, 0.25) is 11.8 Å². The number of allylic oxidation sites excluding steroid dienone is 2. The summed E-state index contributed by atoms with van der Waals surface area (Å²) in [4.78, 5) is 44.4. The quantitative estimate of drug-likeness (QED) is 0.409. The number of benzene rings is 3. The van der Waals surface area contributed by atoms with Gasteiger partial charge in [0.05, 0.1) is 35.5 Å². The van der Waals surface area contributed by atoms with E-state index >= 15 is 0 Å². The molecule has 4 atom stereocenters. The number of hydrogen-bond donors (Lipinski definition) is 0. The fourth-order valence-electron chi connectivity index (χ4n) is 7.36. The minimum absolute atomic E-state index is 0.00143. The third kappa shape index (κ3) is 2.88. The first-order valence-electron chi connectivity index (χ1n) is 12.8. The summed E-state index contributed by atoms with van der Waals surface area (Å²) in [6, 6.07) is 26.8. The molecule has 186 valence electrons. The van der Waals surface area contributed by atoms with E-state index < -0.39 is 22.7 Å². The smallest absolute Gasteiger partial charge is 0.239 e. The lowest BCUT2D eigenvalue weighted by Crippen LogP contribution is -2.41. The molecular formula is C32H29NO4. The van der Waals surface area contributed by atoms with Gasteiger partial charge >= 0.3 is 0 Å². The van der Waals surface area contributed by atoms with Crippen molar-refractivity contribution >= 4 is 34.4 Å². The summed E-state index contributed by atoms with van der Waals surface area (Å²) in [6.07, 6.45) is 1.22. The van der Waals surface area contributed by atoms with E-state index in [0.29, 0.717) is 24.3 Å². The van der Waals surface area contributed by atoms with Crippen LogP contribution in [0.4, 0.5) is 5.69 Å². The lowest BCUT2D eigenvalue weighted by Gasteiger charge is -2.37. The summed E-state index contributed by atoms with van der Waals surface area (Å²) >= 11 is 0. The topological polar surface area (TPSA) is 63.7 Å². The second kappa shape index (κ2) is 8.27. The molecule has 0 radical (unpaired) electrons. The third-order valence-electron chi connectivity index (χ3n) is 8.63. The fourth-order valence-corrected chi connectivity index (χ4v) is 7.36. The second-order valence-corrected chi connectivity index (χ2v) is 10.4. The number of hydrogen-bond acceptors (Lipinski definition) is 4. The molecule has 5 nitrogen and oxygen atoms in total. The largest absolute Gasteiger partial charge is 0.497 e. The number of Topliss-reactive ketones (excluding diaryl/α,β-unsaturated/α-hetero) is 1.